The number of carbonyl (C=O) groups is 1. The quantitative estimate of drug-likeness (QED) is 0.801. The summed E-state index contributed by atoms with van der Waals surface area (Å²) in [6.45, 7) is 5.00. The average molecular weight is 211 g/mol. The number of nitrogens with zero attached hydrogens (tertiary/aromatic N) is 1. The van der Waals surface area contributed by atoms with Crippen LogP contribution in [0, 0.1) is 6.92 Å². The molecule has 0 radical (unpaired) electrons. The number of aliphatic hydroxyl groups excluding tert-OH is 1. The summed E-state index contributed by atoms with van der Waals surface area (Å²) in [6, 6.07) is 3.45. The van der Waals surface area contributed by atoms with Crippen molar-refractivity contribution in [1.29, 1.82) is 0 Å². The van der Waals surface area contributed by atoms with Crippen LogP contribution in [0.1, 0.15) is 29.7 Å². The van der Waals surface area contributed by atoms with E-state index >= 15 is 0 Å². The molecular formula is C11H17NO3. The van der Waals surface area contributed by atoms with E-state index in [2.05, 4.69) is 0 Å². The number of rotatable bonds is 5. The maximum atomic E-state index is 11.8. The standard InChI is InChI=1S/C11H17NO3/c1-3-12(7-4-8-13)11(14)10-6-5-9(2)15-10/h5-6,13H,3-4,7-8H2,1-2H3. The third-order valence-electron chi connectivity index (χ3n) is 2.21. The van der Waals surface area contributed by atoms with Crippen LogP contribution in [0.3, 0.4) is 0 Å². The molecule has 0 aromatic carbocycles. The van der Waals surface area contributed by atoms with Crippen LogP contribution < -0.4 is 0 Å². The van der Waals surface area contributed by atoms with Crippen molar-refractivity contribution >= 4 is 5.91 Å². The molecule has 0 bridgehead atoms. The molecule has 1 heterocycles. The number of amides is 1. The largest absolute Gasteiger partial charge is 0.456 e. The number of hydrogen-bond acceptors (Lipinski definition) is 3. The van der Waals surface area contributed by atoms with E-state index in [9.17, 15) is 4.79 Å². The van der Waals surface area contributed by atoms with Gasteiger partial charge in [0.25, 0.3) is 5.91 Å². The fourth-order valence-corrected chi connectivity index (χ4v) is 1.37. The molecule has 1 aromatic heterocycles. The summed E-state index contributed by atoms with van der Waals surface area (Å²) >= 11 is 0. The highest BCUT2D eigenvalue weighted by atomic mass is 16.3. The van der Waals surface area contributed by atoms with Gasteiger partial charge in [0.1, 0.15) is 5.76 Å². The SMILES string of the molecule is CCN(CCCO)C(=O)c1ccc(C)o1. The molecular weight excluding hydrogens is 194 g/mol. The van der Waals surface area contributed by atoms with Crippen molar-refractivity contribution in [2.45, 2.75) is 20.3 Å². The molecule has 15 heavy (non-hydrogen) atoms. The van der Waals surface area contributed by atoms with E-state index in [0.29, 0.717) is 25.3 Å². The summed E-state index contributed by atoms with van der Waals surface area (Å²) in [6.07, 6.45) is 0.596. The molecule has 1 aromatic rings. The van der Waals surface area contributed by atoms with Crippen LogP contribution in [0.5, 0.6) is 0 Å². The Labute approximate surface area is 89.5 Å². The van der Waals surface area contributed by atoms with Gasteiger partial charge in [-0.25, -0.2) is 0 Å². The first kappa shape index (κ1) is 11.8. The van der Waals surface area contributed by atoms with Crippen molar-refractivity contribution in [3.63, 3.8) is 0 Å². The lowest BCUT2D eigenvalue weighted by molar-refractivity contribution is 0.0721. The Morgan fingerprint density at radius 1 is 1.53 bits per heavy atom. The smallest absolute Gasteiger partial charge is 0.289 e. The van der Waals surface area contributed by atoms with Gasteiger partial charge in [-0.1, -0.05) is 0 Å². The normalized spacial score (nSPS) is 10.3. The van der Waals surface area contributed by atoms with Crippen LogP contribution in [-0.2, 0) is 0 Å². The summed E-state index contributed by atoms with van der Waals surface area (Å²) in [5.74, 6) is 0.989. The van der Waals surface area contributed by atoms with Gasteiger partial charge in [0.15, 0.2) is 5.76 Å². The molecule has 0 atom stereocenters. The fourth-order valence-electron chi connectivity index (χ4n) is 1.37. The van der Waals surface area contributed by atoms with Crippen LogP contribution in [0.15, 0.2) is 16.5 Å². The Balaban J connectivity index is 2.64. The third kappa shape index (κ3) is 3.09. The van der Waals surface area contributed by atoms with Crippen molar-refractivity contribution < 1.29 is 14.3 Å². The predicted octanol–water partition coefficient (Wildman–Crippen LogP) is 1.43. The van der Waals surface area contributed by atoms with Gasteiger partial charge in [0.2, 0.25) is 0 Å². The molecule has 0 aliphatic rings. The Hall–Kier alpha value is -1.29. The van der Waals surface area contributed by atoms with Gasteiger partial charge < -0.3 is 14.4 Å². The summed E-state index contributed by atoms with van der Waals surface area (Å²) in [5.41, 5.74) is 0. The lowest BCUT2D eigenvalue weighted by atomic mass is 10.3. The monoisotopic (exact) mass is 211 g/mol. The highest BCUT2D eigenvalue weighted by molar-refractivity contribution is 5.91. The molecule has 0 aliphatic heterocycles. The van der Waals surface area contributed by atoms with E-state index in [-0.39, 0.29) is 12.5 Å². The van der Waals surface area contributed by atoms with E-state index in [1.807, 2.05) is 6.92 Å². The first-order chi connectivity index (χ1) is 7.19. The molecule has 0 aliphatic carbocycles. The van der Waals surface area contributed by atoms with Gasteiger partial charge in [-0.2, -0.15) is 0 Å². The van der Waals surface area contributed by atoms with Crippen molar-refractivity contribution in [3.8, 4) is 0 Å². The number of aliphatic hydroxyl groups is 1. The second-order valence-electron chi connectivity index (χ2n) is 3.37. The van der Waals surface area contributed by atoms with Crippen LogP contribution >= 0.6 is 0 Å². The summed E-state index contributed by atoms with van der Waals surface area (Å²) in [5, 5.41) is 8.71. The van der Waals surface area contributed by atoms with Gasteiger partial charge in [-0.15, -0.1) is 0 Å². The molecule has 0 fully saturated rings. The van der Waals surface area contributed by atoms with E-state index in [0.717, 1.165) is 5.76 Å². The van der Waals surface area contributed by atoms with Gasteiger partial charge in [0.05, 0.1) is 0 Å². The van der Waals surface area contributed by atoms with Crippen LogP contribution in [0.2, 0.25) is 0 Å². The zero-order valence-electron chi connectivity index (χ0n) is 9.19. The second kappa shape index (κ2) is 5.56. The van der Waals surface area contributed by atoms with E-state index in [4.69, 9.17) is 9.52 Å². The van der Waals surface area contributed by atoms with Crippen LogP contribution in [0.4, 0.5) is 0 Å². The van der Waals surface area contributed by atoms with Crippen molar-refractivity contribution in [1.82, 2.24) is 4.90 Å². The minimum absolute atomic E-state index is 0.0982. The molecule has 0 spiro atoms. The number of carbonyl (C=O) groups excluding carboxylic acids is 1. The second-order valence-corrected chi connectivity index (χ2v) is 3.37. The molecule has 4 heteroatoms. The number of furan rings is 1. The Morgan fingerprint density at radius 2 is 2.27 bits per heavy atom. The Bertz CT molecular complexity index is 319. The summed E-state index contributed by atoms with van der Waals surface area (Å²) < 4.78 is 5.25. The van der Waals surface area contributed by atoms with Gasteiger partial charge in [-0.05, 0) is 32.4 Å². The molecule has 1 amide bonds. The van der Waals surface area contributed by atoms with E-state index in [1.165, 1.54) is 0 Å². The highest BCUT2D eigenvalue weighted by Crippen LogP contribution is 2.09. The average Bonchev–Trinajstić information content (AvgIpc) is 2.65. The van der Waals surface area contributed by atoms with Crippen LogP contribution in [0.25, 0.3) is 0 Å². The van der Waals surface area contributed by atoms with Crippen molar-refractivity contribution in [3.05, 3.63) is 23.7 Å². The predicted molar refractivity (Wildman–Crippen MR) is 56.7 cm³/mol. The molecule has 0 saturated carbocycles. The third-order valence-corrected chi connectivity index (χ3v) is 2.21. The van der Waals surface area contributed by atoms with Crippen molar-refractivity contribution in [2.75, 3.05) is 19.7 Å². The first-order valence-electron chi connectivity index (χ1n) is 5.15. The topological polar surface area (TPSA) is 53.7 Å². The van der Waals surface area contributed by atoms with Crippen LogP contribution in [-0.4, -0.2) is 35.6 Å². The Morgan fingerprint density at radius 3 is 2.73 bits per heavy atom. The number of aryl methyl sites for hydroxylation is 1. The van der Waals surface area contributed by atoms with Gasteiger partial charge >= 0.3 is 0 Å². The van der Waals surface area contributed by atoms with Gasteiger partial charge in [-0.3, -0.25) is 4.79 Å². The Kier molecular flexibility index (Phi) is 4.37. The molecule has 4 nitrogen and oxygen atoms in total. The van der Waals surface area contributed by atoms with E-state index < -0.39 is 0 Å². The number of hydrogen-bond donors (Lipinski definition) is 1. The fraction of sp³-hybridized carbons (Fsp3) is 0.545. The molecule has 1 rings (SSSR count). The zero-order chi connectivity index (χ0) is 11.3. The highest BCUT2D eigenvalue weighted by Gasteiger charge is 2.16. The maximum absolute atomic E-state index is 11.8. The lowest BCUT2D eigenvalue weighted by Crippen LogP contribution is -2.31. The molecule has 84 valence electrons. The lowest BCUT2D eigenvalue weighted by Gasteiger charge is -2.18. The molecule has 0 unspecified atom stereocenters. The molecule has 0 saturated heterocycles. The zero-order valence-corrected chi connectivity index (χ0v) is 9.19. The summed E-state index contributed by atoms with van der Waals surface area (Å²) in [7, 11) is 0. The van der Waals surface area contributed by atoms with Gasteiger partial charge in [0, 0.05) is 19.7 Å². The summed E-state index contributed by atoms with van der Waals surface area (Å²) in [4.78, 5) is 13.5. The first-order valence-corrected chi connectivity index (χ1v) is 5.15. The van der Waals surface area contributed by atoms with Crippen molar-refractivity contribution in [2.24, 2.45) is 0 Å². The molecule has 1 N–H and O–H groups in total. The van der Waals surface area contributed by atoms with E-state index in [1.54, 1.807) is 24.0 Å². The minimum atomic E-state index is -0.112. The maximum Gasteiger partial charge on any atom is 0.289 e. The minimum Gasteiger partial charge on any atom is -0.456 e.